The molecule has 5 nitrogen and oxygen atoms in total. The second kappa shape index (κ2) is 8.65. The molecular weight excluding hydrogens is 338 g/mol. The smallest absolute Gasteiger partial charge is 0.237 e. The highest BCUT2D eigenvalue weighted by atomic mass is 35.5. The molecule has 2 amide bonds. The Morgan fingerprint density at radius 1 is 1.08 bits per heavy atom. The van der Waals surface area contributed by atoms with Crippen molar-refractivity contribution in [3.63, 3.8) is 0 Å². The second-order valence-corrected chi connectivity index (χ2v) is 6.00. The molecule has 0 saturated heterocycles. The van der Waals surface area contributed by atoms with Crippen LogP contribution < -0.4 is 16.0 Å². The van der Waals surface area contributed by atoms with Gasteiger partial charge in [-0.1, -0.05) is 36.4 Å². The summed E-state index contributed by atoms with van der Waals surface area (Å²) in [5.41, 5.74) is 4.24. The number of hydrogen-bond donors (Lipinski definition) is 3. The van der Waals surface area contributed by atoms with Gasteiger partial charge < -0.3 is 16.0 Å². The molecule has 0 saturated carbocycles. The number of carbonyl (C=O) groups excluding carboxylic acids is 2. The molecule has 3 N–H and O–H groups in total. The zero-order valence-corrected chi connectivity index (χ0v) is 14.9. The van der Waals surface area contributed by atoms with Crippen molar-refractivity contribution < 1.29 is 9.59 Å². The Balaban J connectivity index is 0.00000225. The van der Waals surface area contributed by atoms with E-state index in [4.69, 9.17) is 0 Å². The van der Waals surface area contributed by atoms with Crippen molar-refractivity contribution in [2.24, 2.45) is 0 Å². The lowest BCUT2D eigenvalue weighted by molar-refractivity contribution is -0.123. The van der Waals surface area contributed by atoms with Gasteiger partial charge in [0, 0.05) is 25.7 Å². The topological polar surface area (TPSA) is 70.2 Å². The Morgan fingerprint density at radius 3 is 2.44 bits per heavy atom. The van der Waals surface area contributed by atoms with E-state index in [0.29, 0.717) is 13.0 Å². The van der Waals surface area contributed by atoms with Crippen LogP contribution in [0.25, 0.3) is 0 Å². The molecule has 1 heterocycles. The van der Waals surface area contributed by atoms with Crippen LogP contribution in [0, 0.1) is 0 Å². The Bertz CT molecular complexity index is 747. The standard InChI is InChI=1S/C19H21N3O2.ClH/c1-13(23)22-17-8-6-14(7-9-17)11-21-19(24)18-10-15-4-2-3-5-16(15)12-20-18;/h2-9,18,20H,10-12H2,1H3,(H,21,24)(H,22,23);1H. The molecule has 6 heteroatoms. The highest BCUT2D eigenvalue weighted by Crippen LogP contribution is 2.16. The first-order chi connectivity index (χ1) is 11.6. The fourth-order valence-corrected chi connectivity index (χ4v) is 2.86. The molecule has 2 aromatic carbocycles. The predicted molar refractivity (Wildman–Crippen MR) is 101 cm³/mol. The van der Waals surface area contributed by atoms with Gasteiger partial charge in [0.05, 0.1) is 6.04 Å². The number of amides is 2. The number of benzene rings is 2. The molecule has 3 rings (SSSR count). The number of halogens is 1. The quantitative estimate of drug-likeness (QED) is 0.785. The maximum absolute atomic E-state index is 12.4. The summed E-state index contributed by atoms with van der Waals surface area (Å²) in [4.78, 5) is 23.4. The normalized spacial score (nSPS) is 15.5. The summed E-state index contributed by atoms with van der Waals surface area (Å²) < 4.78 is 0. The van der Waals surface area contributed by atoms with E-state index < -0.39 is 0 Å². The summed E-state index contributed by atoms with van der Waals surface area (Å²) in [5.74, 6) is -0.0878. The average Bonchev–Trinajstić information content (AvgIpc) is 2.60. The van der Waals surface area contributed by atoms with Crippen LogP contribution in [0.5, 0.6) is 0 Å². The zero-order valence-electron chi connectivity index (χ0n) is 14.0. The molecular formula is C19H22ClN3O2. The molecule has 0 aliphatic carbocycles. The van der Waals surface area contributed by atoms with Crippen molar-refractivity contribution in [3.8, 4) is 0 Å². The van der Waals surface area contributed by atoms with Crippen LogP contribution in [-0.4, -0.2) is 17.9 Å². The molecule has 0 radical (unpaired) electrons. The molecule has 0 spiro atoms. The molecule has 0 bridgehead atoms. The van der Waals surface area contributed by atoms with Gasteiger partial charge in [0.15, 0.2) is 0 Å². The molecule has 1 aliphatic heterocycles. The van der Waals surface area contributed by atoms with Crippen molar-refractivity contribution in [1.29, 1.82) is 0 Å². The van der Waals surface area contributed by atoms with E-state index in [1.807, 2.05) is 36.4 Å². The fourth-order valence-electron chi connectivity index (χ4n) is 2.86. The lowest BCUT2D eigenvalue weighted by Crippen LogP contribution is -2.47. The van der Waals surface area contributed by atoms with Gasteiger partial charge in [-0.3, -0.25) is 9.59 Å². The summed E-state index contributed by atoms with van der Waals surface area (Å²) in [7, 11) is 0. The molecule has 1 atom stereocenters. The highest BCUT2D eigenvalue weighted by Gasteiger charge is 2.23. The van der Waals surface area contributed by atoms with Gasteiger partial charge in [-0.05, 0) is 35.2 Å². The third-order valence-corrected chi connectivity index (χ3v) is 4.14. The summed E-state index contributed by atoms with van der Waals surface area (Å²) in [6, 6.07) is 15.5. The van der Waals surface area contributed by atoms with Crippen molar-refractivity contribution in [3.05, 3.63) is 65.2 Å². The third kappa shape index (κ3) is 5.05. The molecule has 132 valence electrons. The lowest BCUT2D eigenvalue weighted by Gasteiger charge is -2.25. The largest absolute Gasteiger partial charge is 0.351 e. The molecule has 2 aromatic rings. The van der Waals surface area contributed by atoms with Crippen LogP contribution in [0.3, 0.4) is 0 Å². The van der Waals surface area contributed by atoms with Gasteiger partial charge in [0.2, 0.25) is 11.8 Å². The summed E-state index contributed by atoms with van der Waals surface area (Å²) in [6.07, 6.45) is 0.712. The minimum atomic E-state index is -0.196. The number of rotatable bonds is 4. The van der Waals surface area contributed by atoms with Crippen molar-refractivity contribution >= 4 is 29.9 Å². The van der Waals surface area contributed by atoms with Gasteiger partial charge in [-0.15, -0.1) is 12.4 Å². The molecule has 0 fully saturated rings. The van der Waals surface area contributed by atoms with Crippen LogP contribution in [0.1, 0.15) is 23.6 Å². The fraction of sp³-hybridized carbons (Fsp3) is 0.263. The minimum Gasteiger partial charge on any atom is -0.351 e. The van der Waals surface area contributed by atoms with Gasteiger partial charge in [-0.2, -0.15) is 0 Å². The van der Waals surface area contributed by atoms with Crippen molar-refractivity contribution in [2.75, 3.05) is 5.32 Å². The Morgan fingerprint density at radius 2 is 1.76 bits per heavy atom. The Hall–Kier alpha value is -2.37. The van der Waals surface area contributed by atoms with Crippen LogP contribution in [-0.2, 0) is 29.1 Å². The average molecular weight is 360 g/mol. The minimum absolute atomic E-state index is 0. The second-order valence-electron chi connectivity index (χ2n) is 6.00. The van der Waals surface area contributed by atoms with Crippen LogP contribution >= 0.6 is 12.4 Å². The van der Waals surface area contributed by atoms with Gasteiger partial charge >= 0.3 is 0 Å². The molecule has 1 unspecified atom stereocenters. The van der Waals surface area contributed by atoms with Crippen molar-refractivity contribution in [2.45, 2.75) is 32.5 Å². The van der Waals surface area contributed by atoms with Gasteiger partial charge in [0.1, 0.15) is 0 Å². The first-order valence-electron chi connectivity index (χ1n) is 8.06. The number of anilines is 1. The van der Waals surface area contributed by atoms with Gasteiger partial charge in [-0.25, -0.2) is 0 Å². The van der Waals surface area contributed by atoms with E-state index in [1.165, 1.54) is 18.1 Å². The van der Waals surface area contributed by atoms with Gasteiger partial charge in [0.25, 0.3) is 0 Å². The predicted octanol–water partition coefficient (Wildman–Crippen LogP) is 2.40. The van der Waals surface area contributed by atoms with Crippen LogP contribution in [0.2, 0.25) is 0 Å². The van der Waals surface area contributed by atoms with E-state index in [-0.39, 0.29) is 30.3 Å². The van der Waals surface area contributed by atoms with E-state index in [0.717, 1.165) is 17.8 Å². The summed E-state index contributed by atoms with van der Waals surface area (Å²) in [6.45, 7) is 2.67. The first-order valence-corrected chi connectivity index (χ1v) is 8.06. The lowest BCUT2D eigenvalue weighted by atomic mass is 9.95. The Labute approximate surface area is 153 Å². The summed E-state index contributed by atoms with van der Waals surface area (Å²) in [5, 5.41) is 8.98. The maximum atomic E-state index is 12.4. The third-order valence-electron chi connectivity index (χ3n) is 4.14. The molecule has 1 aliphatic rings. The molecule has 25 heavy (non-hydrogen) atoms. The maximum Gasteiger partial charge on any atom is 0.237 e. The first kappa shape index (κ1) is 19.0. The highest BCUT2D eigenvalue weighted by molar-refractivity contribution is 5.88. The van der Waals surface area contributed by atoms with E-state index in [9.17, 15) is 9.59 Å². The number of fused-ring (bicyclic) bond motifs is 1. The molecule has 0 aromatic heterocycles. The van der Waals surface area contributed by atoms with E-state index in [1.54, 1.807) is 0 Å². The summed E-state index contributed by atoms with van der Waals surface area (Å²) >= 11 is 0. The monoisotopic (exact) mass is 359 g/mol. The van der Waals surface area contributed by atoms with Crippen LogP contribution in [0.4, 0.5) is 5.69 Å². The van der Waals surface area contributed by atoms with Crippen molar-refractivity contribution in [1.82, 2.24) is 10.6 Å². The van der Waals surface area contributed by atoms with E-state index in [2.05, 4.69) is 28.1 Å². The number of hydrogen-bond acceptors (Lipinski definition) is 3. The van der Waals surface area contributed by atoms with Crippen LogP contribution in [0.15, 0.2) is 48.5 Å². The SMILES string of the molecule is CC(=O)Nc1ccc(CNC(=O)C2Cc3ccccc3CN2)cc1.Cl. The Kier molecular flexibility index (Phi) is 6.56. The van der Waals surface area contributed by atoms with E-state index >= 15 is 0 Å². The number of nitrogens with one attached hydrogen (secondary N) is 3. The zero-order chi connectivity index (χ0) is 16.9. The number of carbonyl (C=O) groups is 2.